The Hall–Kier alpha value is -3.42. The molecule has 0 aliphatic heterocycles. The minimum atomic E-state index is -0.346. The summed E-state index contributed by atoms with van der Waals surface area (Å²) in [5, 5.41) is 10.3. The molecular formula is C23H30N6O2. The number of carbonyl (C=O) groups is 1. The summed E-state index contributed by atoms with van der Waals surface area (Å²) in [4.78, 5) is 32.3. The van der Waals surface area contributed by atoms with Gasteiger partial charge in [-0.3, -0.25) is 15.1 Å². The van der Waals surface area contributed by atoms with Crippen molar-refractivity contribution in [2.45, 2.75) is 52.9 Å². The number of amides is 2. The monoisotopic (exact) mass is 422 g/mol. The summed E-state index contributed by atoms with van der Waals surface area (Å²) in [5.74, 6) is 0.712. The Balaban J connectivity index is 1.83. The quantitative estimate of drug-likeness (QED) is 0.565. The van der Waals surface area contributed by atoms with E-state index in [1.54, 1.807) is 13.0 Å². The van der Waals surface area contributed by atoms with Crippen LogP contribution in [0, 0.1) is 6.92 Å². The van der Waals surface area contributed by atoms with Gasteiger partial charge in [0.2, 0.25) is 5.95 Å². The first kappa shape index (κ1) is 22.3. The predicted molar refractivity (Wildman–Crippen MR) is 122 cm³/mol. The molecule has 0 fully saturated rings. The summed E-state index contributed by atoms with van der Waals surface area (Å²) < 4.78 is 1.48. The maximum atomic E-state index is 12.5. The average Bonchev–Trinajstić information content (AvgIpc) is 3.13. The summed E-state index contributed by atoms with van der Waals surface area (Å²) in [6.07, 6.45) is 1.32. The van der Waals surface area contributed by atoms with Crippen LogP contribution < -0.4 is 16.2 Å². The minimum absolute atomic E-state index is 0.198. The highest BCUT2D eigenvalue weighted by Gasteiger charge is 2.22. The number of hydrogen-bond acceptors (Lipinski definition) is 4. The van der Waals surface area contributed by atoms with Crippen LogP contribution >= 0.6 is 0 Å². The van der Waals surface area contributed by atoms with Gasteiger partial charge in [-0.2, -0.15) is 9.78 Å². The number of carbonyl (C=O) groups excluding carboxylic acids is 1. The molecule has 8 heteroatoms. The maximum absolute atomic E-state index is 12.5. The van der Waals surface area contributed by atoms with E-state index in [0.717, 1.165) is 17.7 Å². The zero-order valence-electron chi connectivity index (χ0n) is 18.7. The Morgan fingerprint density at radius 1 is 1.19 bits per heavy atom. The molecule has 0 atom stereocenters. The largest absolute Gasteiger partial charge is 0.337 e. The van der Waals surface area contributed by atoms with Crippen molar-refractivity contribution in [1.82, 2.24) is 25.1 Å². The number of nitrogens with zero attached hydrogens (tertiary/aromatic N) is 3. The smallest absolute Gasteiger partial charge is 0.320 e. The Kier molecular flexibility index (Phi) is 6.58. The molecule has 0 saturated heterocycles. The summed E-state index contributed by atoms with van der Waals surface area (Å²) in [6.45, 7) is 10.3. The molecule has 8 nitrogen and oxygen atoms in total. The van der Waals surface area contributed by atoms with E-state index in [-0.39, 0.29) is 23.0 Å². The maximum Gasteiger partial charge on any atom is 0.320 e. The van der Waals surface area contributed by atoms with E-state index in [1.165, 1.54) is 4.68 Å². The lowest BCUT2D eigenvalue weighted by Crippen LogP contribution is -2.31. The van der Waals surface area contributed by atoms with Crippen molar-refractivity contribution in [1.29, 1.82) is 0 Å². The first-order valence-corrected chi connectivity index (χ1v) is 10.5. The van der Waals surface area contributed by atoms with Crippen molar-refractivity contribution in [2.75, 3.05) is 11.9 Å². The first-order valence-electron chi connectivity index (χ1n) is 10.5. The molecule has 0 unspecified atom stereocenters. The van der Waals surface area contributed by atoms with Gasteiger partial charge in [0.15, 0.2) is 0 Å². The molecule has 0 spiro atoms. The molecule has 0 bridgehead atoms. The van der Waals surface area contributed by atoms with Crippen LogP contribution in [0.3, 0.4) is 0 Å². The predicted octanol–water partition coefficient (Wildman–Crippen LogP) is 3.49. The number of anilines is 1. The summed E-state index contributed by atoms with van der Waals surface area (Å²) in [5.41, 5.74) is 2.76. The lowest BCUT2D eigenvalue weighted by Gasteiger charge is -2.14. The summed E-state index contributed by atoms with van der Waals surface area (Å²) in [6, 6.07) is 11.4. The molecule has 2 amide bonds. The Bertz CT molecular complexity index is 1110. The van der Waals surface area contributed by atoms with Gasteiger partial charge in [-0.25, -0.2) is 9.78 Å². The molecule has 0 saturated carbocycles. The van der Waals surface area contributed by atoms with Gasteiger partial charge in [0.25, 0.3) is 5.56 Å². The second kappa shape index (κ2) is 9.16. The number of urea groups is 1. The van der Waals surface area contributed by atoms with Crippen LogP contribution in [0.2, 0.25) is 0 Å². The van der Waals surface area contributed by atoms with E-state index in [0.29, 0.717) is 30.0 Å². The normalized spacial score (nSPS) is 11.4. The molecule has 31 heavy (non-hydrogen) atoms. The van der Waals surface area contributed by atoms with Gasteiger partial charge in [0, 0.05) is 29.3 Å². The van der Waals surface area contributed by atoms with E-state index in [2.05, 4.69) is 25.7 Å². The zero-order chi connectivity index (χ0) is 22.6. The number of nitrogens with one attached hydrogen (secondary N) is 3. The highest BCUT2D eigenvalue weighted by molar-refractivity contribution is 5.88. The average molecular weight is 423 g/mol. The van der Waals surface area contributed by atoms with Crippen molar-refractivity contribution in [2.24, 2.45) is 0 Å². The van der Waals surface area contributed by atoms with Crippen molar-refractivity contribution in [3.05, 3.63) is 69.3 Å². The summed E-state index contributed by atoms with van der Waals surface area (Å²) in [7, 11) is 0. The molecule has 3 N–H and O–H groups in total. The summed E-state index contributed by atoms with van der Waals surface area (Å²) >= 11 is 0. The highest BCUT2D eigenvalue weighted by Crippen LogP contribution is 2.25. The van der Waals surface area contributed by atoms with Gasteiger partial charge in [0.05, 0.1) is 5.69 Å². The second-order valence-electron chi connectivity index (χ2n) is 8.50. The van der Waals surface area contributed by atoms with Gasteiger partial charge in [0.1, 0.15) is 5.82 Å². The van der Waals surface area contributed by atoms with Crippen LogP contribution in [0.5, 0.6) is 0 Å². The van der Waals surface area contributed by atoms with Gasteiger partial charge >= 0.3 is 6.03 Å². The number of rotatable bonds is 6. The van der Waals surface area contributed by atoms with E-state index in [1.807, 2.05) is 58.0 Å². The van der Waals surface area contributed by atoms with Crippen LogP contribution in [0.4, 0.5) is 10.6 Å². The Morgan fingerprint density at radius 3 is 2.52 bits per heavy atom. The number of aryl methyl sites for hydroxylation is 1. The van der Waals surface area contributed by atoms with Crippen molar-refractivity contribution in [3.8, 4) is 5.95 Å². The number of hydrogen-bond donors (Lipinski definition) is 3. The molecule has 3 rings (SSSR count). The van der Waals surface area contributed by atoms with Crippen molar-refractivity contribution in [3.63, 3.8) is 0 Å². The van der Waals surface area contributed by atoms with Gasteiger partial charge in [-0.05, 0) is 25.3 Å². The number of benzene rings is 1. The number of H-pyrrole nitrogens is 1. The van der Waals surface area contributed by atoms with E-state index in [9.17, 15) is 9.59 Å². The first-order chi connectivity index (χ1) is 14.7. The third kappa shape index (κ3) is 5.39. The van der Waals surface area contributed by atoms with Crippen LogP contribution in [-0.2, 0) is 18.3 Å². The van der Waals surface area contributed by atoms with Crippen LogP contribution in [-0.4, -0.2) is 32.3 Å². The third-order valence-electron chi connectivity index (χ3n) is 5.03. The SMILES string of the molecule is CCc1c(C)nc(-n2nc(C(C)(C)C)cc2NC(=O)NCCc2ccccc2)[nH]c1=O. The lowest BCUT2D eigenvalue weighted by molar-refractivity contribution is 0.252. The van der Waals surface area contributed by atoms with E-state index < -0.39 is 0 Å². The van der Waals surface area contributed by atoms with E-state index >= 15 is 0 Å². The molecule has 164 valence electrons. The minimum Gasteiger partial charge on any atom is -0.337 e. The number of aromatic amines is 1. The highest BCUT2D eigenvalue weighted by atomic mass is 16.2. The Morgan fingerprint density at radius 2 is 1.90 bits per heavy atom. The van der Waals surface area contributed by atoms with Crippen LogP contribution in [0.15, 0.2) is 41.2 Å². The Labute approximate surface area is 182 Å². The van der Waals surface area contributed by atoms with Crippen LogP contribution in [0.25, 0.3) is 5.95 Å². The molecule has 0 aliphatic carbocycles. The second-order valence-corrected chi connectivity index (χ2v) is 8.50. The third-order valence-corrected chi connectivity index (χ3v) is 5.03. The topological polar surface area (TPSA) is 105 Å². The molecule has 2 heterocycles. The van der Waals surface area contributed by atoms with Gasteiger partial charge in [-0.15, -0.1) is 0 Å². The standard InChI is InChI=1S/C23H30N6O2/c1-6-17-15(2)25-21(27-20(17)30)29-19(14-18(28-29)23(3,4)5)26-22(31)24-13-12-16-10-8-7-9-11-16/h7-11,14H,6,12-13H2,1-5H3,(H2,24,26,31)(H,25,27,30). The molecule has 0 aliphatic rings. The van der Waals surface area contributed by atoms with Crippen molar-refractivity contribution < 1.29 is 4.79 Å². The van der Waals surface area contributed by atoms with Crippen LogP contribution in [0.1, 0.15) is 50.2 Å². The molecule has 0 radical (unpaired) electrons. The van der Waals surface area contributed by atoms with Crippen molar-refractivity contribution >= 4 is 11.8 Å². The molecular weight excluding hydrogens is 392 g/mol. The van der Waals surface area contributed by atoms with Gasteiger partial charge in [-0.1, -0.05) is 58.0 Å². The molecule has 3 aromatic rings. The molecule has 1 aromatic carbocycles. The van der Waals surface area contributed by atoms with Gasteiger partial charge < -0.3 is 5.32 Å². The fourth-order valence-electron chi connectivity index (χ4n) is 3.24. The number of aromatic nitrogens is 4. The zero-order valence-corrected chi connectivity index (χ0v) is 18.7. The fourth-order valence-corrected chi connectivity index (χ4v) is 3.24. The molecule has 2 aromatic heterocycles. The van der Waals surface area contributed by atoms with E-state index in [4.69, 9.17) is 0 Å². The lowest BCUT2D eigenvalue weighted by atomic mass is 9.92. The fraction of sp³-hybridized carbons (Fsp3) is 0.391.